The van der Waals surface area contributed by atoms with E-state index in [1.165, 1.54) is 106 Å². The first kappa shape index (κ1) is 24.0. The second-order valence-electron chi connectivity index (χ2n) is 9.73. The number of hydrogen-bond donors (Lipinski definition) is 1. The van der Waals surface area contributed by atoms with Crippen LogP contribution in [0.3, 0.4) is 0 Å². The van der Waals surface area contributed by atoms with Crippen molar-refractivity contribution in [1.29, 1.82) is 0 Å². The maximum atomic E-state index is 11.5. The van der Waals surface area contributed by atoms with Gasteiger partial charge < -0.3 is 5.32 Å². The maximum absolute atomic E-state index is 11.5. The summed E-state index contributed by atoms with van der Waals surface area (Å²) in [6.45, 7) is 11.0. The van der Waals surface area contributed by atoms with Crippen molar-refractivity contribution in [2.45, 2.75) is 130 Å². The number of hydrogen-bond acceptors (Lipinski definition) is 2. The van der Waals surface area contributed by atoms with Crippen LogP contribution in [0.4, 0.5) is 5.69 Å². The zero-order valence-electron chi connectivity index (χ0n) is 19.9. The van der Waals surface area contributed by atoms with Crippen LogP contribution >= 0.6 is 0 Å². The molecule has 1 atom stereocenters. The van der Waals surface area contributed by atoms with Gasteiger partial charge in [-0.15, -0.1) is 0 Å². The fourth-order valence-electron chi connectivity index (χ4n) is 5.04. The van der Waals surface area contributed by atoms with Gasteiger partial charge in [0.15, 0.2) is 6.29 Å². The lowest BCUT2D eigenvalue weighted by atomic mass is 9.79. The highest BCUT2D eigenvalue weighted by Gasteiger charge is 2.31. The summed E-state index contributed by atoms with van der Waals surface area (Å²) in [4.78, 5) is 11.5. The summed E-state index contributed by atoms with van der Waals surface area (Å²) in [7, 11) is 0. The van der Waals surface area contributed by atoms with E-state index in [0.29, 0.717) is 0 Å². The quantitative estimate of drug-likeness (QED) is 0.267. The van der Waals surface area contributed by atoms with Gasteiger partial charge in [0.05, 0.1) is 0 Å². The van der Waals surface area contributed by atoms with Crippen LogP contribution in [0.1, 0.15) is 130 Å². The van der Waals surface area contributed by atoms with E-state index in [4.69, 9.17) is 0 Å². The molecule has 1 aliphatic rings. The summed E-state index contributed by atoms with van der Waals surface area (Å²) in [5, 5.41) is 3.89. The molecule has 0 fully saturated rings. The van der Waals surface area contributed by atoms with Crippen molar-refractivity contribution in [3.05, 3.63) is 27.8 Å². The lowest BCUT2D eigenvalue weighted by Crippen LogP contribution is -2.39. The van der Waals surface area contributed by atoms with Gasteiger partial charge in [0.1, 0.15) is 0 Å². The SMILES string of the molecule is CCCCCCCCCCCCCC1(C)CCc2c(C)c(C=O)c(C)c(C)c2N1. The highest BCUT2D eigenvalue weighted by Crippen LogP contribution is 2.40. The Kier molecular flexibility index (Phi) is 9.72. The molecule has 1 N–H and O–H groups in total. The van der Waals surface area contributed by atoms with Gasteiger partial charge in [-0.1, -0.05) is 77.6 Å². The molecule has 0 aliphatic carbocycles. The molecule has 0 saturated heterocycles. The van der Waals surface area contributed by atoms with Crippen molar-refractivity contribution in [1.82, 2.24) is 0 Å². The molecule has 29 heavy (non-hydrogen) atoms. The van der Waals surface area contributed by atoms with E-state index < -0.39 is 0 Å². The molecule has 0 spiro atoms. The molecule has 164 valence electrons. The number of rotatable bonds is 13. The Balaban J connectivity index is 1.73. The second kappa shape index (κ2) is 11.8. The number of anilines is 1. The minimum absolute atomic E-state index is 0.193. The molecular formula is C27H45NO. The molecule has 0 radical (unpaired) electrons. The number of carbonyl (C=O) groups is 1. The lowest BCUT2D eigenvalue weighted by molar-refractivity contribution is 0.112. The zero-order valence-corrected chi connectivity index (χ0v) is 19.9. The van der Waals surface area contributed by atoms with E-state index in [2.05, 4.69) is 39.9 Å². The molecule has 1 heterocycles. The van der Waals surface area contributed by atoms with E-state index >= 15 is 0 Å². The molecular weight excluding hydrogens is 354 g/mol. The summed E-state index contributed by atoms with van der Waals surface area (Å²) in [5.41, 5.74) is 7.35. The van der Waals surface area contributed by atoms with Crippen LogP contribution in [0.2, 0.25) is 0 Å². The molecule has 0 aromatic heterocycles. The van der Waals surface area contributed by atoms with Crippen LogP contribution in [0.25, 0.3) is 0 Å². The van der Waals surface area contributed by atoms with Crippen molar-refractivity contribution in [2.75, 3.05) is 5.32 Å². The summed E-state index contributed by atoms with van der Waals surface area (Å²) >= 11 is 0. The summed E-state index contributed by atoms with van der Waals surface area (Å²) in [5.74, 6) is 0. The van der Waals surface area contributed by atoms with Gasteiger partial charge in [-0.05, 0) is 69.2 Å². The Bertz CT molecular complexity index is 663. The number of carbonyl (C=O) groups excluding carboxylic acids is 1. The fraction of sp³-hybridized carbons (Fsp3) is 0.741. The maximum Gasteiger partial charge on any atom is 0.150 e. The smallest absolute Gasteiger partial charge is 0.150 e. The number of fused-ring (bicyclic) bond motifs is 1. The molecule has 0 bridgehead atoms. The monoisotopic (exact) mass is 399 g/mol. The van der Waals surface area contributed by atoms with Crippen LogP contribution in [0.15, 0.2) is 0 Å². The Morgan fingerprint density at radius 2 is 1.38 bits per heavy atom. The highest BCUT2D eigenvalue weighted by atomic mass is 16.1. The van der Waals surface area contributed by atoms with E-state index in [1.54, 1.807) is 0 Å². The van der Waals surface area contributed by atoms with Crippen LogP contribution < -0.4 is 5.32 Å². The van der Waals surface area contributed by atoms with E-state index in [1.807, 2.05) is 0 Å². The van der Waals surface area contributed by atoms with E-state index in [-0.39, 0.29) is 5.54 Å². The van der Waals surface area contributed by atoms with Gasteiger partial charge in [-0.2, -0.15) is 0 Å². The minimum atomic E-state index is 0.193. The van der Waals surface area contributed by atoms with Gasteiger partial charge in [0, 0.05) is 16.8 Å². The minimum Gasteiger partial charge on any atom is -0.379 e. The molecule has 1 aromatic rings. The molecule has 2 rings (SSSR count). The number of benzene rings is 1. The van der Waals surface area contributed by atoms with Crippen LogP contribution in [0, 0.1) is 20.8 Å². The summed E-state index contributed by atoms with van der Waals surface area (Å²) < 4.78 is 0. The lowest BCUT2D eigenvalue weighted by Gasteiger charge is -2.39. The molecule has 1 aromatic carbocycles. The van der Waals surface area contributed by atoms with E-state index in [0.717, 1.165) is 23.8 Å². The van der Waals surface area contributed by atoms with Gasteiger partial charge >= 0.3 is 0 Å². The van der Waals surface area contributed by atoms with Gasteiger partial charge in [0.25, 0.3) is 0 Å². The molecule has 0 saturated carbocycles. The van der Waals surface area contributed by atoms with Crippen LogP contribution in [0.5, 0.6) is 0 Å². The van der Waals surface area contributed by atoms with Crippen LogP contribution in [-0.4, -0.2) is 11.8 Å². The third kappa shape index (κ3) is 6.59. The molecule has 1 unspecified atom stereocenters. The van der Waals surface area contributed by atoms with Gasteiger partial charge in [-0.3, -0.25) is 4.79 Å². The van der Waals surface area contributed by atoms with Crippen LogP contribution in [-0.2, 0) is 6.42 Å². The first-order chi connectivity index (χ1) is 13.9. The number of unbranched alkanes of at least 4 members (excludes halogenated alkanes) is 10. The van der Waals surface area contributed by atoms with Crippen molar-refractivity contribution < 1.29 is 4.79 Å². The second-order valence-corrected chi connectivity index (χ2v) is 9.73. The third-order valence-electron chi connectivity index (χ3n) is 7.30. The first-order valence-electron chi connectivity index (χ1n) is 12.3. The molecule has 0 amide bonds. The average Bonchev–Trinajstić information content (AvgIpc) is 2.71. The van der Waals surface area contributed by atoms with Crippen molar-refractivity contribution in [2.24, 2.45) is 0 Å². The number of nitrogens with one attached hydrogen (secondary N) is 1. The van der Waals surface area contributed by atoms with Crippen molar-refractivity contribution >= 4 is 12.0 Å². The van der Waals surface area contributed by atoms with Gasteiger partial charge in [0.2, 0.25) is 0 Å². The fourth-order valence-corrected chi connectivity index (χ4v) is 5.04. The normalized spacial score (nSPS) is 18.4. The standard InChI is InChI=1S/C27H45NO/c1-6-7-8-9-10-11-12-13-14-15-16-18-27(5)19-17-24-23(4)25(20-29)21(2)22(3)26(24)28-27/h20,28H,6-19H2,1-5H3. The Morgan fingerprint density at radius 3 is 1.93 bits per heavy atom. The highest BCUT2D eigenvalue weighted by molar-refractivity contribution is 5.84. The Labute approximate surface area is 180 Å². The largest absolute Gasteiger partial charge is 0.379 e. The Hall–Kier alpha value is -1.31. The molecule has 2 heteroatoms. The Morgan fingerprint density at radius 1 is 0.828 bits per heavy atom. The predicted molar refractivity (Wildman–Crippen MR) is 127 cm³/mol. The van der Waals surface area contributed by atoms with Crippen molar-refractivity contribution in [3.8, 4) is 0 Å². The summed E-state index contributed by atoms with van der Waals surface area (Å²) in [6.07, 6.45) is 19.9. The summed E-state index contributed by atoms with van der Waals surface area (Å²) in [6, 6.07) is 0. The molecule has 1 aliphatic heterocycles. The molecule has 2 nitrogen and oxygen atoms in total. The predicted octanol–water partition coefficient (Wildman–Crippen LogP) is 8.24. The first-order valence-corrected chi connectivity index (χ1v) is 12.3. The topological polar surface area (TPSA) is 29.1 Å². The zero-order chi connectivity index (χ0) is 21.3. The van der Waals surface area contributed by atoms with Crippen molar-refractivity contribution in [3.63, 3.8) is 0 Å². The third-order valence-corrected chi connectivity index (χ3v) is 7.30. The number of aldehydes is 1. The van der Waals surface area contributed by atoms with E-state index in [9.17, 15) is 4.79 Å². The average molecular weight is 400 g/mol. The van der Waals surface area contributed by atoms with Gasteiger partial charge in [-0.25, -0.2) is 0 Å².